The number of nitrogens with zero attached hydrogens (tertiary/aromatic N) is 1. The number of hydrogen-bond acceptors (Lipinski definition) is 4. The molecule has 1 rings (SSSR count). The molecule has 0 bridgehead atoms. The van der Waals surface area contributed by atoms with Crippen LogP contribution in [0.2, 0.25) is 0 Å². The van der Waals surface area contributed by atoms with E-state index in [0.29, 0.717) is 6.10 Å². The molecule has 4 nitrogen and oxygen atoms in total. The Morgan fingerprint density at radius 3 is 2.75 bits per heavy atom. The van der Waals surface area contributed by atoms with Gasteiger partial charge in [-0.05, 0) is 26.8 Å². The lowest BCUT2D eigenvalue weighted by molar-refractivity contribution is -0.147. The number of ether oxygens (including phenoxy) is 2. The normalized spacial score (nSPS) is 24.4. The van der Waals surface area contributed by atoms with Crippen molar-refractivity contribution >= 4 is 5.97 Å². The third-order valence-corrected chi connectivity index (χ3v) is 3.51. The van der Waals surface area contributed by atoms with Crippen LogP contribution in [0.3, 0.4) is 0 Å². The summed E-state index contributed by atoms with van der Waals surface area (Å²) in [6.45, 7) is 5.72. The molecule has 0 radical (unpaired) electrons. The van der Waals surface area contributed by atoms with Crippen LogP contribution >= 0.6 is 0 Å². The Morgan fingerprint density at radius 2 is 2.25 bits per heavy atom. The summed E-state index contributed by atoms with van der Waals surface area (Å²) in [4.78, 5) is 13.6. The average molecular weight is 229 g/mol. The maximum absolute atomic E-state index is 11.4. The van der Waals surface area contributed by atoms with Crippen molar-refractivity contribution in [1.29, 1.82) is 0 Å². The minimum absolute atomic E-state index is 0.101. The highest BCUT2D eigenvalue weighted by Gasteiger charge is 2.26. The van der Waals surface area contributed by atoms with Crippen LogP contribution in [0, 0.1) is 5.92 Å². The van der Waals surface area contributed by atoms with Crippen molar-refractivity contribution < 1.29 is 14.3 Å². The van der Waals surface area contributed by atoms with Gasteiger partial charge in [0.25, 0.3) is 0 Å². The zero-order valence-corrected chi connectivity index (χ0v) is 10.7. The molecule has 1 heterocycles. The largest absolute Gasteiger partial charge is 0.469 e. The molecule has 1 aliphatic heterocycles. The molecule has 0 N–H and O–H groups in total. The predicted molar refractivity (Wildman–Crippen MR) is 62.2 cm³/mol. The molecule has 0 aromatic rings. The van der Waals surface area contributed by atoms with Crippen LogP contribution < -0.4 is 0 Å². The summed E-state index contributed by atoms with van der Waals surface area (Å²) >= 11 is 0. The molecule has 0 aromatic heterocycles. The van der Waals surface area contributed by atoms with Gasteiger partial charge >= 0.3 is 5.97 Å². The molecule has 1 saturated heterocycles. The third-order valence-electron chi connectivity index (χ3n) is 3.51. The number of methoxy groups -OCH3 is 1. The van der Waals surface area contributed by atoms with Crippen LogP contribution in [0.4, 0.5) is 0 Å². The molecule has 0 aromatic carbocycles. The lowest BCUT2D eigenvalue weighted by atomic mass is 10.0. The fourth-order valence-corrected chi connectivity index (χ4v) is 2.04. The van der Waals surface area contributed by atoms with Crippen LogP contribution in [0.25, 0.3) is 0 Å². The summed E-state index contributed by atoms with van der Waals surface area (Å²) in [5.41, 5.74) is 0. The first-order chi connectivity index (χ1) is 7.56. The molecule has 0 aliphatic carbocycles. The van der Waals surface area contributed by atoms with E-state index in [1.807, 2.05) is 14.0 Å². The summed E-state index contributed by atoms with van der Waals surface area (Å²) in [5.74, 6) is -0.247. The maximum Gasteiger partial charge on any atom is 0.309 e. The lowest BCUT2D eigenvalue weighted by Crippen LogP contribution is -2.42. The number of esters is 1. The summed E-state index contributed by atoms with van der Waals surface area (Å²) in [6, 6.07) is 0.177. The van der Waals surface area contributed by atoms with E-state index in [-0.39, 0.29) is 17.9 Å². The van der Waals surface area contributed by atoms with Crippen molar-refractivity contribution in [2.24, 2.45) is 5.92 Å². The van der Waals surface area contributed by atoms with Gasteiger partial charge in [-0.25, -0.2) is 0 Å². The van der Waals surface area contributed by atoms with Gasteiger partial charge < -0.3 is 14.4 Å². The van der Waals surface area contributed by atoms with Gasteiger partial charge in [0.1, 0.15) is 0 Å². The number of rotatable bonds is 5. The maximum atomic E-state index is 11.4. The molecule has 1 fully saturated rings. The molecular weight excluding hydrogens is 206 g/mol. The van der Waals surface area contributed by atoms with E-state index >= 15 is 0 Å². The minimum atomic E-state index is -0.147. The van der Waals surface area contributed by atoms with Gasteiger partial charge in [0.2, 0.25) is 0 Å². The van der Waals surface area contributed by atoms with Crippen molar-refractivity contribution in [3.8, 4) is 0 Å². The van der Waals surface area contributed by atoms with Gasteiger partial charge in [-0.1, -0.05) is 6.92 Å². The van der Waals surface area contributed by atoms with E-state index in [9.17, 15) is 4.79 Å². The summed E-state index contributed by atoms with van der Waals surface area (Å²) < 4.78 is 10.3. The highest BCUT2D eigenvalue weighted by atomic mass is 16.5. The SMILES string of the molecule is COC(=O)C(C)C(C)N(C)CC1CCCO1. The van der Waals surface area contributed by atoms with Crippen LogP contribution in [0.5, 0.6) is 0 Å². The van der Waals surface area contributed by atoms with Crippen LogP contribution in [-0.2, 0) is 14.3 Å². The van der Waals surface area contributed by atoms with Crippen LogP contribution in [0.15, 0.2) is 0 Å². The molecule has 0 saturated carbocycles. The quantitative estimate of drug-likeness (QED) is 0.666. The first-order valence-electron chi connectivity index (χ1n) is 5.96. The molecule has 94 valence electrons. The number of carbonyl (C=O) groups excluding carboxylic acids is 1. The van der Waals surface area contributed by atoms with Crippen molar-refractivity contribution in [2.75, 3.05) is 27.3 Å². The number of carbonyl (C=O) groups is 1. The van der Waals surface area contributed by atoms with E-state index < -0.39 is 0 Å². The zero-order valence-electron chi connectivity index (χ0n) is 10.7. The van der Waals surface area contributed by atoms with E-state index in [1.54, 1.807) is 0 Å². The minimum Gasteiger partial charge on any atom is -0.469 e. The van der Waals surface area contributed by atoms with Gasteiger partial charge in [0, 0.05) is 19.2 Å². The second-order valence-corrected chi connectivity index (χ2v) is 4.63. The Hall–Kier alpha value is -0.610. The molecular formula is C12H23NO3. The van der Waals surface area contributed by atoms with Crippen LogP contribution in [0.1, 0.15) is 26.7 Å². The standard InChI is InChI=1S/C12H23NO3/c1-9(12(14)15-4)10(2)13(3)8-11-6-5-7-16-11/h9-11H,5-8H2,1-4H3. The molecule has 0 amide bonds. The Balaban J connectivity index is 2.39. The highest BCUT2D eigenvalue weighted by molar-refractivity contribution is 5.72. The van der Waals surface area contributed by atoms with Crippen molar-refractivity contribution in [2.45, 2.75) is 38.8 Å². The Morgan fingerprint density at radius 1 is 1.56 bits per heavy atom. The van der Waals surface area contributed by atoms with Crippen LogP contribution in [-0.4, -0.2) is 50.3 Å². The van der Waals surface area contributed by atoms with E-state index in [0.717, 1.165) is 26.0 Å². The lowest BCUT2D eigenvalue weighted by Gasteiger charge is -2.30. The topological polar surface area (TPSA) is 38.8 Å². The van der Waals surface area contributed by atoms with Gasteiger partial charge in [-0.3, -0.25) is 4.79 Å². The monoisotopic (exact) mass is 229 g/mol. The van der Waals surface area contributed by atoms with Crippen molar-refractivity contribution in [3.05, 3.63) is 0 Å². The summed E-state index contributed by atoms with van der Waals surface area (Å²) in [5, 5.41) is 0. The second-order valence-electron chi connectivity index (χ2n) is 4.63. The second kappa shape index (κ2) is 6.21. The smallest absolute Gasteiger partial charge is 0.309 e. The number of hydrogen-bond donors (Lipinski definition) is 0. The van der Waals surface area contributed by atoms with E-state index in [4.69, 9.17) is 9.47 Å². The predicted octanol–water partition coefficient (Wildman–Crippen LogP) is 1.29. The molecule has 0 spiro atoms. The molecule has 3 unspecified atom stereocenters. The molecule has 16 heavy (non-hydrogen) atoms. The van der Waals surface area contributed by atoms with Crippen molar-refractivity contribution in [3.63, 3.8) is 0 Å². The first kappa shape index (κ1) is 13.5. The Labute approximate surface area is 97.9 Å². The van der Waals surface area contributed by atoms with Crippen molar-refractivity contribution in [1.82, 2.24) is 4.90 Å². The number of likely N-dealkylation sites (N-methyl/N-ethyl adjacent to an activating group) is 1. The fourth-order valence-electron chi connectivity index (χ4n) is 2.04. The molecule has 3 atom stereocenters. The summed E-state index contributed by atoms with van der Waals surface area (Å²) in [6.07, 6.45) is 2.61. The molecule has 4 heteroatoms. The first-order valence-corrected chi connectivity index (χ1v) is 5.96. The van der Waals surface area contributed by atoms with Gasteiger partial charge in [-0.2, -0.15) is 0 Å². The fraction of sp³-hybridized carbons (Fsp3) is 0.917. The Kier molecular flexibility index (Phi) is 5.22. The highest BCUT2D eigenvalue weighted by Crippen LogP contribution is 2.16. The Bertz CT molecular complexity index is 226. The average Bonchev–Trinajstić information content (AvgIpc) is 2.78. The van der Waals surface area contributed by atoms with Gasteiger partial charge in [0.05, 0.1) is 19.1 Å². The summed E-state index contributed by atoms with van der Waals surface area (Å²) in [7, 11) is 3.47. The zero-order chi connectivity index (χ0) is 12.1. The van der Waals surface area contributed by atoms with E-state index in [1.165, 1.54) is 7.11 Å². The third kappa shape index (κ3) is 3.46. The van der Waals surface area contributed by atoms with Gasteiger partial charge in [-0.15, -0.1) is 0 Å². The van der Waals surface area contributed by atoms with Gasteiger partial charge in [0.15, 0.2) is 0 Å². The molecule has 1 aliphatic rings. The van der Waals surface area contributed by atoms with E-state index in [2.05, 4.69) is 11.8 Å².